The zero-order valence-corrected chi connectivity index (χ0v) is 18.6. The summed E-state index contributed by atoms with van der Waals surface area (Å²) in [6, 6.07) is 16.8. The number of sulfonamides is 1. The van der Waals surface area contributed by atoms with Gasteiger partial charge >= 0.3 is 0 Å². The SMILES string of the molecule is CCN(CC)S(=O)(=O)c1cccc(C(=O)NC2CCN(Cc3ccccc3)CC2)c1. The Kier molecular flexibility index (Phi) is 7.64. The van der Waals surface area contributed by atoms with E-state index in [0.29, 0.717) is 18.7 Å². The maximum atomic E-state index is 12.7. The molecule has 1 heterocycles. The second kappa shape index (κ2) is 10.2. The lowest BCUT2D eigenvalue weighted by atomic mass is 10.0. The minimum atomic E-state index is -3.58. The van der Waals surface area contributed by atoms with Gasteiger partial charge in [-0.1, -0.05) is 50.2 Å². The van der Waals surface area contributed by atoms with E-state index in [0.717, 1.165) is 32.5 Å². The van der Waals surface area contributed by atoms with E-state index >= 15 is 0 Å². The smallest absolute Gasteiger partial charge is 0.251 e. The summed E-state index contributed by atoms with van der Waals surface area (Å²) in [4.78, 5) is 15.3. The molecule has 6 nitrogen and oxygen atoms in total. The molecule has 2 aromatic rings. The molecule has 3 rings (SSSR count). The van der Waals surface area contributed by atoms with Gasteiger partial charge in [-0.15, -0.1) is 0 Å². The summed E-state index contributed by atoms with van der Waals surface area (Å²) < 4.78 is 26.9. The maximum Gasteiger partial charge on any atom is 0.251 e. The normalized spacial score (nSPS) is 16.0. The molecule has 0 bridgehead atoms. The minimum Gasteiger partial charge on any atom is -0.349 e. The Hall–Kier alpha value is -2.22. The third-order valence-electron chi connectivity index (χ3n) is 5.61. The first-order valence-corrected chi connectivity index (χ1v) is 12.1. The van der Waals surface area contributed by atoms with Gasteiger partial charge in [-0.25, -0.2) is 8.42 Å². The van der Waals surface area contributed by atoms with Crippen LogP contribution in [0.1, 0.15) is 42.6 Å². The number of rotatable bonds is 8. The van der Waals surface area contributed by atoms with E-state index in [1.54, 1.807) is 18.2 Å². The Morgan fingerprint density at radius 2 is 1.70 bits per heavy atom. The van der Waals surface area contributed by atoms with Crippen LogP contribution in [-0.4, -0.2) is 55.8 Å². The number of likely N-dealkylation sites (tertiary alicyclic amines) is 1. The highest BCUT2D eigenvalue weighted by molar-refractivity contribution is 7.89. The van der Waals surface area contributed by atoms with Crippen LogP contribution in [0.25, 0.3) is 0 Å². The van der Waals surface area contributed by atoms with Crippen LogP contribution in [0.3, 0.4) is 0 Å². The van der Waals surface area contributed by atoms with E-state index in [4.69, 9.17) is 0 Å². The van der Waals surface area contributed by atoms with Crippen LogP contribution < -0.4 is 5.32 Å². The van der Waals surface area contributed by atoms with E-state index < -0.39 is 10.0 Å². The van der Waals surface area contributed by atoms with Crippen molar-refractivity contribution >= 4 is 15.9 Å². The lowest BCUT2D eigenvalue weighted by molar-refractivity contribution is 0.0908. The number of hydrogen-bond donors (Lipinski definition) is 1. The number of amides is 1. The van der Waals surface area contributed by atoms with Crippen molar-refractivity contribution in [2.75, 3.05) is 26.2 Å². The number of hydrogen-bond acceptors (Lipinski definition) is 4. The second-order valence-corrected chi connectivity index (χ2v) is 9.56. The summed E-state index contributed by atoms with van der Waals surface area (Å²) in [5.74, 6) is -0.215. The highest BCUT2D eigenvalue weighted by atomic mass is 32.2. The molecule has 0 radical (unpaired) electrons. The van der Waals surface area contributed by atoms with Gasteiger partial charge < -0.3 is 5.32 Å². The molecular weight excluding hydrogens is 398 g/mol. The van der Waals surface area contributed by atoms with Gasteiger partial charge in [0.2, 0.25) is 10.0 Å². The molecule has 1 aliphatic rings. The van der Waals surface area contributed by atoms with Gasteiger partial charge in [-0.05, 0) is 36.6 Å². The number of carbonyl (C=O) groups is 1. The van der Waals surface area contributed by atoms with Gasteiger partial charge in [-0.2, -0.15) is 4.31 Å². The molecule has 1 fully saturated rings. The van der Waals surface area contributed by atoms with Crippen molar-refractivity contribution in [3.8, 4) is 0 Å². The monoisotopic (exact) mass is 429 g/mol. The highest BCUT2D eigenvalue weighted by Crippen LogP contribution is 2.18. The Morgan fingerprint density at radius 1 is 1.03 bits per heavy atom. The Labute approximate surface area is 179 Å². The molecule has 0 aliphatic carbocycles. The van der Waals surface area contributed by atoms with Crippen LogP contribution in [0.4, 0.5) is 0 Å². The topological polar surface area (TPSA) is 69.7 Å². The van der Waals surface area contributed by atoms with Crippen LogP contribution in [0.2, 0.25) is 0 Å². The van der Waals surface area contributed by atoms with Crippen molar-refractivity contribution in [2.45, 2.75) is 44.2 Å². The number of nitrogens with one attached hydrogen (secondary N) is 1. The Balaban J connectivity index is 1.58. The molecule has 0 saturated carbocycles. The molecule has 1 saturated heterocycles. The van der Waals surface area contributed by atoms with Gasteiger partial charge in [0.25, 0.3) is 5.91 Å². The van der Waals surface area contributed by atoms with Gasteiger partial charge in [0.05, 0.1) is 4.90 Å². The summed E-state index contributed by atoms with van der Waals surface area (Å²) in [6.07, 6.45) is 1.77. The zero-order chi connectivity index (χ0) is 21.6. The summed E-state index contributed by atoms with van der Waals surface area (Å²) in [5, 5.41) is 3.08. The Bertz CT molecular complexity index is 935. The zero-order valence-electron chi connectivity index (χ0n) is 17.8. The number of benzene rings is 2. The fourth-order valence-electron chi connectivity index (χ4n) is 3.86. The van der Waals surface area contributed by atoms with E-state index in [1.165, 1.54) is 15.9 Å². The number of carbonyl (C=O) groups excluding carboxylic acids is 1. The van der Waals surface area contributed by atoms with E-state index in [2.05, 4.69) is 34.5 Å². The third-order valence-corrected chi connectivity index (χ3v) is 7.66. The van der Waals surface area contributed by atoms with Crippen LogP contribution in [0.15, 0.2) is 59.5 Å². The fraction of sp³-hybridized carbons (Fsp3) is 0.435. The number of nitrogens with zero attached hydrogens (tertiary/aromatic N) is 2. The standard InChI is InChI=1S/C23H31N3O3S/c1-3-26(4-2)30(28,29)22-12-8-11-20(17-22)23(27)24-21-13-15-25(16-14-21)18-19-9-6-5-7-10-19/h5-12,17,21H,3-4,13-16,18H2,1-2H3,(H,24,27). The molecule has 162 valence electrons. The van der Waals surface area contributed by atoms with Crippen molar-refractivity contribution in [1.82, 2.24) is 14.5 Å². The fourth-order valence-corrected chi connectivity index (χ4v) is 5.36. The van der Waals surface area contributed by atoms with E-state index in [9.17, 15) is 13.2 Å². The van der Waals surface area contributed by atoms with Gasteiger partial charge in [0.15, 0.2) is 0 Å². The molecule has 0 spiro atoms. The lowest BCUT2D eigenvalue weighted by Crippen LogP contribution is -2.44. The van der Waals surface area contributed by atoms with E-state index in [-0.39, 0.29) is 16.8 Å². The quantitative estimate of drug-likeness (QED) is 0.700. The molecule has 2 aromatic carbocycles. The van der Waals surface area contributed by atoms with Gasteiger partial charge in [0.1, 0.15) is 0 Å². The first kappa shape index (κ1) is 22.5. The van der Waals surface area contributed by atoms with Crippen molar-refractivity contribution in [3.63, 3.8) is 0 Å². The van der Waals surface area contributed by atoms with Crippen LogP contribution >= 0.6 is 0 Å². The largest absolute Gasteiger partial charge is 0.349 e. The van der Waals surface area contributed by atoms with Crippen LogP contribution in [0, 0.1) is 0 Å². The van der Waals surface area contributed by atoms with E-state index in [1.807, 2.05) is 19.9 Å². The average molecular weight is 430 g/mol. The Morgan fingerprint density at radius 3 is 2.33 bits per heavy atom. The van der Waals surface area contributed by atoms with Gasteiger partial charge in [0, 0.05) is 44.3 Å². The molecule has 0 atom stereocenters. The summed E-state index contributed by atoms with van der Waals surface area (Å²) in [6.45, 7) is 7.19. The summed E-state index contributed by atoms with van der Waals surface area (Å²) >= 11 is 0. The van der Waals surface area contributed by atoms with Gasteiger partial charge in [-0.3, -0.25) is 9.69 Å². The van der Waals surface area contributed by atoms with Crippen molar-refractivity contribution in [3.05, 3.63) is 65.7 Å². The second-order valence-electron chi connectivity index (χ2n) is 7.63. The third kappa shape index (κ3) is 5.47. The predicted molar refractivity (Wildman–Crippen MR) is 119 cm³/mol. The van der Waals surface area contributed by atoms with Crippen LogP contribution in [-0.2, 0) is 16.6 Å². The lowest BCUT2D eigenvalue weighted by Gasteiger charge is -2.32. The highest BCUT2D eigenvalue weighted by Gasteiger charge is 2.24. The molecule has 0 aromatic heterocycles. The molecule has 7 heteroatoms. The molecule has 1 N–H and O–H groups in total. The number of piperidine rings is 1. The minimum absolute atomic E-state index is 0.104. The van der Waals surface area contributed by atoms with Crippen molar-refractivity contribution in [1.29, 1.82) is 0 Å². The molecular formula is C23H31N3O3S. The average Bonchev–Trinajstić information content (AvgIpc) is 2.76. The summed E-state index contributed by atoms with van der Waals surface area (Å²) in [7, 11) is -3.58. The molecule has 1 amide bonds. The molecule has 1 aliphatic heterocycles. The van der Waals surface area contributed by atoms with Crippen molar-refractivity contribution < 1.29 is 13.2 Å². The predicted octanol–water partition coefficient (Wildman–Crippen LogP) is 3.11. The van der Waals surface area contributed by atoms with Crippen molar-refractivity contribution in [2.24, 2.45) is 0 Å². The molecule has 0 unspecified atom stereocenters. The first-order valence-electron chi connectivity index (χ1n) is 10.6. The first-order chi connectivity index (χ1) is 14.4. The van der Waals surface area contributed by atoms with Crippen LogP contribution in [0.5, 0.6) is 0 Å². The maximum absolute atomic E-state index is 12.7. The summed E-state index contributed by atoms with van der Waals surface area (Å²) in [5.41, 5.74) is 1.68. The molecule has 30 heavy (non-hydrogen) atoms.